The van der Waals surface area contributed by atoms with Gasteiger partial charge in [0.15, 0.2) is 5.34 Å². The number of rotatable bonds is 7. The molecule has 1 heterocycles. The van der Waals surface area contributed by atoms with Crippen LogP contribution in [0.25, 0.3) is 0 Å². The van der Waals surface area contributed by atoms with Gasteiger partial charge >= 0.3 is 15.2 Å². The fourth-order valence-corrected chi connectivity index (χ4v) is 7.95. The molecule has 1 rings (SSSR count). The van der Waals surface area contributed by atoms with Crippen molar-refractivity contribution in [3.63, 3.8) is 0 Å². The molecule has 1 saturated heterocycles. The van der Waals surface area contributed by atoms with Crippen molar-refractivity contribution >= 4 is 15.2 Å². The van der Waals surface area contributed by atoms with Gasteiger partial charge in [-0.3, -0.25) is 13.7 Å². The summed E-state index contributed by atoms with van der Waals surface area (Å²) in [5.41, 5.74) is -4.09. The summed E-state index contributed by atoms with van der Waals surface area (Å²) in [6, 6.07) is 0. The number of ether oxygens (including phenoxy) is 1. The second kappa shape index (κ2) is 6.26. The lowest BCUT2D eigenvalue weighted by Crippen LogP contribution is -2.55. The average molecular weight is 360 g/mol. The van der Waals surface area contributed by atoms with Gasteiger partial charge in [-0.1, -0.05) is 13.8 Å². The standard InChI is InChI=1S/C12H26O8P2/c1-6-11(7-2)10(5,13)22(17,19-9-4)20-12(11,18-8-3)21(14,15)16/h13H,6-9H2,1-5H3,(H2,14,15,16). The van der Waals surface area contributed by atoms with Crippen molar-refractivity contribution in [2.24, 2.45) is 5.41 Å². The second-order valence-corrected chi connectivity index (χ2v) is 9.36. The lowest BCUT2D eigenvalue weighted by atomic mass is 9.76. The molecule has 1 aliphatic heterocycles. The molecule has 8 nitrogen and oxygen atoms in total. The van der Waals surface area contributed by atoms with Crippen LogP contribution in [0.15, 0.2) is 0 Å². The quantitative estimate of drug-likeness (QED) is 0.592. The first-order chi connectivity index (χ1) is 9.95. The Morgan fingerprint density at radius 2 is 1.64 bits per heavy atom. The van der Waals surface area contributed by atoms with Gasteiger partial charge in [-0.15, -0.1) is 0 Å². The van der Waals surface area contributed by atoms with E-state index in [9.17, 15) is 24.0 Å². The van der Waals surface area contributed by atoms with Crippen molar-refractivity contribution in [2.75, 3.05) is 13.2 Å². The van der Waals surface area contributed by atoms with E-state index in [4.69, 9.17) is 13.8 Å². The highest BCUT2D eigenvalue weighted by atomic mass is 31.2. The van der Waals surface area contributed by atoms with Crippen LogP contribution in [0, 0.1) is 5.41 Å². The van der Waals surface area contributed by atoms with Gasteiger partial charge < -0.3 is 24.2 Å². The summed E-state index contributed by atoms with van der Waals surface area (Å²) in [4.78, 5) is 19.8. The SMILES string of the molecule is CCOC1(P(=O)(O)O)OP(=O)(OCC)C(C)(O)C1(CC)CC. The van der Waals surface area contributed by atoms with E-state index in [0.717, 1.165) is 0 Å². The molecule has 0 bridgehead atoms. The fraction of sp³-hybridized carbons (Fsp3) is 1.00. The van der Waals surface area contributed by atoms with E-state index in [1.54, 1.807) is 20.8 Å². The largest absolute Gasteiger partial charge is 0.385 e. The maximum atomic E-state index is 13.0. The van der Waals surface area contributed by atoms with E-state index in [0.29, 0.717) is 0 Å². The van der Waals surface area contributed by atoms with E-state index in [-0.39, 0.29) is 26.1 Å². The van der Waals surface area contributed by atoms with Crippen molar-refractivity contribution in [1.82, 2.24) is 0 Å². The van der Waals surface area contributed by atoms with E-state index in [1.807, 2.05) is 0 Å². The smallest absolute Gasteiger partial charge is 0.377 e. The Morgan fingerprint density at radius 1 is 1.14 bits per heavy atom. The molecule has 0 aromatic rings. The van der Waals surface area contributed by atoms with Crippen LogP contribution >= 0.6 is 15.2 Å². The monoisotopic (exact) mass is 360 g/mol. The summed E-state index contributed by atoms with van der Waals surface area (Å²) < 4.78 is 41.0. The number of hydrogen-bond acceptors (Lipinski definition) is 6. The first kappa shape index (κ1) is 20.3. The number of hydrogen-bond donors (Lipinski definition) is 3. The van der Waals surface area contributed by atoms with Crippen LogP contribution in [-0.4, -0.2) is 39.0 Å². The Bertz CT molecular complexity index is 495. The Hall–Kier alpha value is 0.220. The van der Waals surface area contributed by atoms with Crippen LogP contribution in [-0.2, 0) is 22.9 Å². The summed E-state index contributed by atoms with van der Waals surface area (Å²) in [5.74, 6) is 0. The zero-order valence-electron chi connectivity index (χ0n) is 13.6. The topological polar surface area (TPSA) is 123 Å². The van der Waals surface area contributed by atoms with E-state index >= 15 is 0 Å². The maximum Gasteiger partial charge on any atom is 0.385 e. The zero-order valence-corrected chi connectivity index (χ0v) is 15.4. The summed E-state index contributed by atoms with van der Waals surface area (Å²) in [6.45, 7) is 7.45. The lowest BCUT2D eigenvalue weighted by Gasteiger charge is -2.45. The Kier molecular flexibility index (Phi) is 5.77. The molecule has 0 aromatic heterocycles. The molecular weight excluding hydrogens is 334 g/mol. The molecule has 3 unspecified atom stereocenters. The van der Waals surface area contributed by atoms with Crippen molar-refractivity contribution in [3.05, 3.63) is 0 Å². The highest BCUT2D eigenvalue weighted by Gasteiger charge is 2.82. The molecule has 22 heavy (non-hydrogen) atoms. The molecule has 3 N–H and O–H groups in total. The van der Waals surface area contributed by atoms with Crippen molar-refractivity contribution < 1.29 is 37.8 Å². The lowest BCUT2D eigenvalue weighted by molar-refractivity contribution is -0.213. The highest BCUT2D eigenvalue weighted by molar-refractivity contribution is 7.59. The first-order valence-corrected chi connectivity index (χ1v) is 10.5. The normalized spacial score (nSPS) is 38.4. The number of aliphatic hydroxyl groups is 1. The van der Waals surface area contributed by atoms with Gasteiger partial charge in [0.2, 0.25) is 0 Å². The first-order valence-electron chi connectivity index (χ1n) is 7.32. The minimum Gasteiger partial charge on any atom is -0.377 e. The van der Waals surface area contributed by atoms with Crippen molar-refractivity contribution in [3.8, 4) is 0 Å². The third-order valence-corrected chi connectivity index (χ3v) is 8.67. The van der Waals surface area contributed by atoms with Crippen LogP contribution in [0.4, 0.5) is 0 Å². The minimum atomic E-state index is -5.06. The Labute approximate surface area is 130 Å². The predicted molar refractivity (Wildman–Crippen MR) is 80.4 cm³/mol. The van der Waals surface area contributed by atoms with E-state index in [1.165, 1.54) is 13.8 Å². The molecule has 3 atom stereocenters. The van der Waals surface area contributed by atoms with Gasteiger partial charge in [0.05, 0.1) is 12.0 Å². The molecule has 0 amide bonds. The molecule has 0 aromatic carbocycles. The summed E-state index contributed by atoms with van der Waals surface area (Å²) in [6.07, 6.45) is 0.164. The van der Waals surface area contributed by atoms with Gasteiger partial charge in [0.1, 0.15) is 0 Å². The molecule has 0 spiro atoms. The molecule has 10 heteroatoms. The molecule has 1 fully saturated rings. The van der Waals surface area contributed by atoms with Gasteiger partial charge in [-0.25, -0.2) is 0 Å². The van der Waals surface area contributed by atoms with Gasteiger partial charge in [-0.2, -0.15) is 0 Å². The molecule has 0 aliphatic carbocycles. The average Bonchev–Trinajstić information content (AvgIpc) is 2.53. The minimum absolute atomic E-state index is 0.0414. The summed E-state index contributed by atoms with van der Waals surface area (Å²) in [7, 11) is -9.29. The van der Waals surface area contributed by atoms with Crippen molar-refractivity contribution in [1.29, 1.82) is 0 Å². The summed E-state index contributed by atoms with van der Waals surface area (Å²) in [5, 5.41) is 8.84. The van der Waals surface area contributed by atoms with Gasteiger partial charge in [0.25, 0.3) is 5.53 Å². The molecular formula is C12H26O8P2. The highest BCUT2D eigenvalue weighted by Crippen LogP contribution is 2.84. The van der Waals surface area contributed by atoms with Gasteiger partial charge in [-0.05, 0) is 33.6 Å². The van der Waals surface area contributed by atoms with Crippen LogP contribution in [0.1, 0.15) is 47.5 Å². The molecule has 0 saturated carbocycles. The predicted octanol–water partition coefficient (Wildman–Crippen LogP) is 2.63. The van der Waals surface area contributed by atoms with Gasteiger partial charge in [0, 0.05) is 6.61 Å². The van der Waals surface area contributed by atoms with Crippen LogP contribution in [0.5, 0.6) is 0 Å². The van der Waals surface area contributed by atoms with Crippen LogP contribution < -0.4 is 0 Å². The van der Waals surface area contributed by atoms with Crippen molar-refractivity contribution in [2.45, 2.75) is 58.3 Å². The van der Waals surface area contributed by atoms with Crippen LogP contribution in [0.3, 0.4) is 0 Å². The molecule has 132 valence electrons. The Morgan fingerprint density at radius 3 is 1.95 bits per heavy atom. The zero-order chi connectivity index (χ0) is 17.4. The maximum absolute atomic E-state index is 13.0. The van der Waals surface area contributed by atoms with E-state index in [2.05, 4.69) is 0 Å². The third kappa shape index (κ3) is 2.36. The second-order valence-electron chi connectivity index (χ2n) is 5.38. The van der Waals surface area contributed by atoms with E-state index < -0.39 is 31.5 Å². The fourth-order valence-electron chi connectivity index (χ4n) is 3.37. The summed E-state index contributed by atoms with van der Waals surface area (Å²) >= 11 is 0. The molecule has 0 radical (unpaired) electrons. The Balaban J connectivity index is 3.76. The molecule has 1 aliphatic rings. The third-order valence-electron chi connectivity index (χ3n) is 4.52. The van der Waals surface area contributed by atoms with Crippen LogP contribution in [0.2, 0.25) is 0 Å².